The van der Waals surface area contributed by atoms with Gasteiger partial charge in [0.2, 0.25) is 0 Å². The summed E-state index contributed by atoms with van der Waals surface area (Å²) in [7, 11) is 1.72. The zero-order chi connectivity index (χ0) is 16.8. The first kappa shape index (κ1) is 14.8. The lowest BCUT2D eigenvalue weighted by molar-refractivity contribution is 0.415. The van der Waals surface area contributed by atoms with Crippen molar-refractivity contribution in [1.82, 2.24) is 0 Å². The van der Waals surface area contributed by atoms with Gasteiger partial charge in [0.1, 0.15) is 5.75 Å². The second-order valence-electron chi connectivity index (χ2n) is 7.26. The molecule has 126 valence electrons. The van der Waals surface area contributed by atoms with Gasteiger partial charge in [0.15, 0.2) is 0 Å². The second kappa shape index (κ2) is 5.80. The molecule has 0 saturated heterocycles. The van der Waals surface area contributed by atoms with Crippen LogP contribution in [-0.4, -0.2) is 20.2 Å². The first-order valence-electron chi connectivity index (χ1n) is 9.28. The van der Waals surface area contributed by atoms with Gasteiger partial charge >= 0.3 is 0 Å². The maximum Gasteiger partial charge on any atom is 0.119 e. The monoisotopic (exact) mass is 329 g/mol. The van der Waals surface area contributed by atoms with E-state index in [-0.39, 0.29) is 0 Å². The second-order valence-corrected chi connectivity index (χ2v) is 7.26. The molecule has 0 fully saturated rings. The summed E-state index contributed by atoms with van der Waals surface area (Å²) >= 11 is 0. The molecule has 0 amide bonds. The molecule has 2 aliphatic rings. The van der Waals surface area contributed by atoms with Crippen LogP contribution in [0, 0.1) is 0 Å². The molecule has 2 aliphatic heterocycles. The van der Waals surface area contributed by atoms with Crippen LogP contribution in [-0.2, 0) is 6.42 Å². The van der Waals surface area contributed by atoms with Gasteiger partial charge in [-0.25, -0.2) is 0 Å². The van der Waals surface area contributed by atoms with E-state index in [9.17, 15) is 0 Å². The van der Waals surface area contributed by atoms with Gasteiger partial charge in [-0.3, -0.25) is 0 Å². The Labute approximate surface area is 149 Å². The van der Waals surface area contributed by atoms with Crippen molar-refractivity contribution in [2.75, 3.05) is 25.1 Å². The highest BCUT2D eigenvalue weighted by atomic mass is 16.5. The zero-order valence-electron chi connectivity index (χ0n) is 14.7. The summed E-state index contributed by atoms with van der Waals surface area (Å²) in [5.41, 5.74) is 6.03. The number of anilines is 1. The van der Waals surface area contributed by atoms with Gasteiger partial charge in [-0.1, -0.05) is 42.5 Å². The smallest absolute Gasteiger partial charge is 0.119 e. The lowest BCUT2D eigenvalue weighted by atomic mass is 9.81. The Hall–Kier alpha value is -2.48. The van der Waals surface area contributed by atoms with E-state index in [2.05, 4.69) is 59.5 Å². The van der Waals surface area contributed by atoms with E-state index in [1.807, 2.05) is 0 Å². The summed E-state index contributed by atoms with van der Waals surface area (Å²) in [6.07, 6.45) is 3.72. The number of aryl methyl sites for hydroxylation is 1. The predicted octanol–water partition coefficient (Wildman–Crippen LogP) is 5.14. The molecule has 5 rings (SSSR count). The van der Waals surface area contributed by atoms with Gasteiger partial charge in [-0.15, -0.1) is 0 Å². The lowest BCUT2D eigenvalue weighted by Crippen LogP contribution is -2.36. The minimum absolute atomic E-state index is 0.510. The number of benzene rings is 3. The molecule has 2 heteroatoms. The Morgan fingerprint density at radius 3 is 2.76 bits per heavy atom. The van der Waals surface area contributed by atoms with Gasteiger partial charge in [-0.05, 0) is 58.9 Å². The third-order valence-corrected chi connectivity index (χ3v) is 5.88. The van der Waals surface area contributed by atoms with E-state index in [0.29, 0.717) is 5.92 Å². The van der Waals surface area contributed by atoms with Crippen molar-refractivity contribution in [3.8, 4) is 5.75 Å². The first-order valence-corrected chi connectivity index (χ1v) is 9.28. The molecular formula is C23H23NO. The molecule has 0 spiro atoms. The van der Waals surface area contributed by atoms with E-state index in [4.69, 9.17) is 4.74 Å². The Balaban J connectivity index is 1.61. The third-order valence-electron chi connectivity index (χ3n) is 5.88. The summed E-state index contributed by atoms with van der Waals surface area (Å²) in [6, 6.07) is 20.2. The van der Waals surface area contributed by atoms with Crippen LogP contribution in [0.15, 0.2) is 54.6 Å². The number of ether oxygens (including phenoxy) is 1. The van der Waals surface area contributed by atoms with E-state index in [1.54, 1.807) is 12.7 Å². The molecule has 0 radical (unpaired) electrons. The number of nitrogens with zero attached hydrogens (tertiary/aromatic N) is 1. The highest BCUT2D eigenvalue weighted by Crippen LogP contribution is 2.43. The molecule has 2 nitrogen and oxygen atoms in total. The van der Waals surface area contributed by atoms with Crippen molar-refractivity contribution in [3.05, 3.63) is 71.3 Å². The van der Waals surface area contributed by atoms with Gasteiger partial charge in [0, 0.05) is 24.7 Å². The third kappa shape index (κ3) is 2.39. The highest BCUT2D eigenvalue weighted by Gasteiger charge is 2.29. The standard InChI is InChI=1S/C23H23NO/c1-25-20-10-9-17-14-19(8-7-18(17)15-20)21-11-13-24-12-3-5-16-4-2-6-22(21)23(16)24/h2,4,6-10,14-15,21H,3,5,11-13H2,1H3. The number of rotatable bonds is 2. The Morgan fingerprint density at radius 1 is 0.960 bits per heavy atom. The van der Waals surface area contributed by atoms with Crippen molar-refractivity contribution in [1.29, 1.82) is 0 Å². The van der Waals surface area contributed by atoms with E-state index < -0.39 is 0 Å². The highest BCUT2D eigenvalue weighted by molar-refractivity contribution is 5.85. The van der Waals surface area contributed by atoms with E-state index >= 15 is 0 Å². The molecule has 1 unspecified atom stereocenters. The van der Waals surface area contributed by atoms with Crippen molar-refractivity contribution in [2.45, 2.75) is 25.2 Å². The molecule has 3 aromatic rings. The van der Waals surface area contributed by atoms with E-state index in [1.165, 1.54) is 59.9 Å². The van der Waals surface area contributed by atoms with Crippen LogP contribution in [0.2, 0.25) is 0 Å². The van der Waals surface area contributed by atoms with Crippen LogP contribution in [0.4, 0.5) is 5.69 Å². The van der Waals surface area contributed by atoms with Crippen LogP contribution < -0.4 is 9.64 Å². The van der Waals surface area contributed by atoms with Gasteiger partial charge in [0.25, 0.3) is 0 Å². The summed E-state index contributed by atoms with van der Waals surface area (Å²) in [5, 5.41) is 2.54. The molecule has 1 atom stereocenters. The Bertz CT molecular complexity index is 946. The number of hydrogen-bond donors (Lipinski definition) is 0. The Morgan fingerprint density at radius 2 is 1.84 bits per heavy atom. The topological polar surface area (TPSA) is 12.5 Å². The van der Waals surface area contributed by atoms with Crippen LogP contribution in [0.25, 0.3) is 10.8 Å². The van der Waals surface area contributed by atoms with Crippen LogP contribution in [0.5, 0.6) is 5.75 Å². The fraction of sp³-hybridized carbons (Fsp3) is 0.304. The first-order chi connectivity index (χ1) is 12.3. The number of methoxy groups -OCH3 is 1. The molecule has 0 N–H and O–H groups in total. The average molecular weight is 329 g/mol. The minimum atomic E-state index is 0.510. The SMILES string of the molecule is COc1ccc2cc(C3CCN4CCCc5cccc3c54)ccc2c1. The minimum Gasteiger partial charge on any atom is -0.497 e. The van der Waals surface area contributed by atoms with Crippen molar-refractivity contribution < 1.29 is 4.74 Å². The number of para-hydroxylation sites is 1. The molecule has 0 aliphatic carbocycles. The fourth-order valence-electron chi connectivity index (χ4n) is 4.65. The molecule has 0 saturated carbocycles. The largest absolute Gasteiger partial charge is 0.497 e. The molecule has 25 heavy (non-hydrogen) atoms. The summed E-state index contributed by atoms with van der Waals surface area (Å²) in [6.45, 7) is 2.39. The van der Waals surface area contributed by atoms with E-state index in [0.717, 1.165) is 5.75 Å². The maximum atomic E-state index is 5.35. The molecule has 0 aromatic heterocycles. The van der Waals surface area contributed by atoms with Gasteiger partial charge in [-0.2, -0.15) is 0 Å². The van der Waals surface area contributed by atoms with Crippen molar-refractivity contribution in [2.24, 2.45) is 0 Å². The van der Waals surface area contributed by atoms with Gasteiger partial charge in [0.05, 0.1) is 7.11 Å². The molecular weight excluding hydrogens is 306 g/mol. The zero-order valence-corrected chi connectivity index (χ0v) is 14.7. The normalized spacial score (nSPS) is 18.9. The Kier molecular flexibility index (Phi) is 3.44. The number of fused-ring (bicyclic) bond motifs is 1. The quantitative estimate of drug-likeness (QED) is 0.646. The fourth-order valence-corrected chi connectivity index (χ4v) is 4.65. The molecule has 3 aromatic carbocycles. The maximum absolute atomic E-state index is 5.35. The summed E-state index contributed by atoms with van der Waals surface area (Å²) in [4.78, 5) is 2.61. The van der Waals surface area contributed by atoms with Crippen molar-refractivity contribution in [3.63, 3.8) is 0 Å². The summed E-state index contributed by atoms with van der Waals surface area (Å²) < 4.78 is 5.35. The predicted molar refractivity (Wildman–Crippen MR) is 104 cm³/mol. The summed E-state index contributed by atoms with van der Waals surface area (Å²) in [5.74, 6) is 1.43. The average Bonchev–Trinajstić information content (AvgIpc) is 2.68. The molecule has 2 heterocycles. The lowest BCUT2D eigenvalue weighted by Gasteiger charge is -2.40. The molecule has 0 bridgehead atoms. The van der Waals surface area contributed by atoms with Gasteiger partial charge < -0.3 is 9.64 Å². The van der Waals surface area contributed by atoms with Crippen LogP contribution in [0.1, 0.15) is 35.4 Å². The van der Waals surface area contributed by atoms with Crippen molar-refractivity contribution >= 4 is 16.5 Å². The van der Waals surface area contributed by atoms with Crippen LogP contribution >= 0.6 is 0 Å². The number of hydrogen-bond acceptors (Lipinski definition) is 2. The van der Waals surface area contributed by atoms with Crippen LogP contribution in [0.3, 0.4) is 0 Å².